The summed E-state index contributed by atoms with van der Waals surface area (Å²) in [5.74, 6) is 0. The van der Waals surface area contributed by atoms with Gasteiger partial charge in [-0.25, -0.2) is 4.98 Å². The zero-order chi connectivity index (χ0) is 11.4. The first kappa shape index (κ1) is 11.9. The number of anilines is 1. The van der Waals surface area contributed by atoms with Crippen molar-refractivity contribution in [2.75, 3.05) is 18.4 Å². The maximum absolute atomic E-state index is 5.95. The Labute approximate surface area is 101 Å². The minimum Gasteiger partial charge on any atom is -0.361 e. The Balaban J connectivity index is 1.91. The van der Waals surface area contributed by atoms with Crippen LogP contribution in [0.15, 0.2) is 5.38 Å². The Morgan fingerprint density at radius 1 is 1.44 bits per heavy atom. The Morgan fingerprint density at radius 3 is 2.75 bits per heavy atom. The Bertz CT molecular complexity index is 329. The topological polar surface area (TPSA) is 50.9 Å². The van der Waals surface area contributed by atoms with Gasteiger partial charge in [-0.15, -0.1) is 11.3 Å². The second-order valence-corrected chi connectivity index (χ2v) is 5.77. The van der Waals surface area contributed by atoms with E-state index >= 15 is 0 Å². The molecule has 0 bridgehead atoms. The van der Waals surface area contributed by atoms with Crippen molar-refractivity contribution in [2.24, 2.45) is 11.1 Å². The third-order valence-electron chi connectivity index (χ3n) is 3.58. The van der Waals surface area contributed by atoms with Crippen LogP contribution in [0.1, 0.15) is 37.8 Å². The van der Waals surface area contributed by atoms with E-state index in [2.05, 4.69) is 15.7 Å². The molecule has 1 fully saturated rings. The molecule has 1 aliphatic rings. The van der Waals surface area contributed by atoms with Crippen molar-refractivity contribution < 1.29 is 0 Å². The van der Waals surface area contributed by atoms with Crippen LogP contribution in [0.3, 0.4) is 0 Å². The van der Waals surface area contributed by atoms with E-state index in [-0.39, 0.29) is 0 Å². The molecule has 16 heavy (non-hydrogen) atoms. The van der Waals surface area contributed by atoms with Gasteiger partial charge in [-0.05, 0) is 31.7 Å². The van der Waals surface area contributed by atoms with E-state index in [0.717, 1.165) is 23.9 Å². The maximum atomic E-state index is 5.95. The average molecular weight is 239 g/mol. The third kappa shape index (κ3) is 2.74. The molecule has 1 aromatic heterocycles. The molecule has 90 valence electrons. The first-order valence-electron chi connectivity index (χ1n) is 6.10. The van der Waals surface area contributed by atoms with E-state index in [1.165, 1.54) is 32.1 Å². The molecule has 0 radical (unpaired) electrons. The van der Waals surface area contributed by atoms with Crippen LogP contribution in [0, 0.1) is 12.3 Å². The molecular formula is C12H21N3S. The average Bonchev–Trinajstić information content (AvgIpc) is 2.74. The highest BCUT2D eigenvalue weighted by Gasteiger charge is 2.30. The zero-order valence-corrected chi connectivity index (χ0v) is 10.8. The molecule has 0 aliphatic heterocycles. The highest BCUT2D eigenvalue weighted by Crippen LogP contribution is 2.35. The smallest absolute Gasteiger partial charge is 0.182 e. The molecule has 2 rings (SSSR count). The van der Waals surface area contributed by atoms with E-state index in [1.807, 2.05) is 6.92 Å². The lowest BCUT2D eigenvalue weighted by Crippen LogP contribution is -2.39. The summed E-state index contributed by atoms with van der Waals surface area (Å²) in [7, 11) is 0. The van der Waals surface area contributed by atoms with Crippen molar-refractivity contribution >= 4 is 16.5 Å². The molecule has 0 unspecified atom stereocenters. The summed E-state index contributed by atoms with van der Waals surface area (Å²) in [6.45, 7) is 3.81. The molecule has 0 saturated heterocycles. The largest absolute Gasteiger partial charge is 0.361 e. The van der Waals surface area contributed by atoms with Crippen molar-refractivity contribution in [3.05, 3.63) is 11.1 Å². The van der Waals surface area contributed by atoms with Gasteiger partial charge in [-0.2, -0.15) is 0 Å². The molecule has 1 heterocycles. The fourth-order valence-corrected chi connectivity index (χ4v) is 3.14. The molecule has 3 nitrogen and oxygen atoms in total. The summed E-state index contributed by atoms with van der Waals surface area (Å²) in [6.07, 6.45) is 6.56. The molecule has 1 aromatic rings. The van der Waals surface area contributed by atoms with Crippen LogP contribution < -0.4 is 11.1 Å². The number of nitrogens with zero attached hydrogens (tertiary/aromatic N) is 1. The number of hydrogen-bond acceptors (Lipinski definition) is 4. The van der Waals surface area contributed by atoms with Gasteiger partial charge < -0.3 is 11.1 Å². The summed E-state index contributed by atoms with van der Waals surface area (Å²) in [6, 6.07) is 0. The molecule has 3 N–H and O–H groups in total. The molecule has 0 aromatic carbocycles. The van der Waals surface area contributed by atoms with E-state index in [9.17, 15) is 0 Å². The van der Waals surface area contributed by atoms with Crippen LogP contribution in [0.4, 0.5) is 5.13 Å². The van der Waals surface area contributed by atoms with Crippen molar-refractivity contribution in [2.45, 2.75) is 39.0 Å². The summed E-state index contributed by atoms with van der Waals surface area (Å²) in [5, 5.41) is 6.57. The molecule has 0 amide bonds. The number of aryl methyl sites for hydroxylation is 1. The molecule has 1 saturated carbocycles. The maximum Gasteiger partial charge on any atom is 0.182 e. The Hall–Kier alpha value is -0.610. The molecule has 1 aliphatic carbocycles. The first-order chi connectivity index (χ1) is 7.74. The fraction of sp³-hybridized carbons (Fsp3) is 0.750. The quantitative estimate of drug-likeness (QED) is 0.849. The van der Waals surface area contributed by atoms with Crippen LogP contribution in [0.5, 0.6) is 0 Å². The van der Waals surface area contributed by atoms with Gasteiger partial charge in [0.25, 0.3) is 0 Å². The summed E-state index contributed by atoms with van der Waals surface area (Å²) in [4.78, 5) is 4.43. The second-order valence-electron chi connectivity index (χ2n) is 4.91. The lowest BCUT2D eigenvalue weighted by atomic mass is 9.74. The number of rotatable bonds is 4. The summed E-state index contributed by atoms with van der Waals surface area (Å²) < 4.78 is 0. The number of nitrogens with two attached hydrogens (primary N) is 1. The molecule has 4 heteroatoms. The first-order valence-corrected chi connectivity index (χ1v) is 6.98. The van der Waals surface area contributed by atoms with Gasteiger partial charge in [0.05, 0.1) is 5.69 Å². The highest BCUT2D eigenvalue weighted by atomic mass is 32.1. The lowest BCUT2D eigenvalue weighted by molar-refractivity contribution is 0.215. The Kier molecular flexibility index (Phi) is 3.82. The highest BCUT2D eigenvalue weighted by molar-refractivity contribution is 7.13. The normalized spacial score (nSPS) is 19.6. The van der Waals surface area contributed by atoms with Crippen molar-refractivity contribution in [1.29, 1.82) is 0 Å². The van der Waals surface area contributed by atoms with Crippen LogP contribution in [-0.4, -0.2) is 18.1 Å². The standard InChI is InChI=1S/C12H21N3S/c1-10-7-16-11(15-10)14-9-12(8-13)5-3-2-4-6-12/h7H,2-6,8-9,13H2,1H3,(H,14,15). The minimum atomic E-state index is 0.317. The van der Waals surface area contributed by atoms with Crippen LogP contribution in [0.2, 0.25) is 0 Å². The van der Waals surface area contributed by atoms with Crippen molar-refractivity contribution in [3.63, 3.8) is 0 Å². The van der Waals surface area contributed by atoms with Crippen molar-refractivity contribution in [3.8, 4) is 0 Å². The monoisotopic (exact) mass is 239 g/mol. The lowest BCUT2D eigenvalue weighted by Gasteiger charge is -2.36. The van der Waals surface area contributed by atoms with E-state index in [1.54, 1.807) is 11.3 Å². The molecular weight excluding hydrogens is 218 g/mol. The van der Waals surface area contributed by atoms with E-state index in [4.69, 9.17) is 5.73 Å². The molecule has 0 atom stereocenters. The number of hydrogen-bond donors (Lipinski definition) is 2. The number of aromatic nitrogens is 1. The van der Waals surface area contributed by atoms with Gasteiger partial charge in [-0.1, -0.05) is 19.3 Å². The summed E-state index contributed by atoms with van der Waals surface area (Å²) >= 11 is 1.68. The molecule has 0 spiro atoms. The predicted octanol–water partition coefficient (Wildman–Crippen LogP) is 2.77. The summed E-state index contributed by atoms with van der Waals surface area (Å²) in [5.41, 5.74) is 7.36. The van der Waals surface area contributed by atoms with Crippen LogP contribution >= 0.6 is 11.3 Å². The van der Waals surface area contributed by atoms with Gasteiger partial charge in [0, 0.05) is 11.9 Å². The minimum absolute atomic E-state index is 0.317. The fourth-order valence-electron chi connectivity index (χ4n) is 2.45. The second kappa shape index (κ2) is 5.15. The predicted molar refractivity (Wildman–Crippen MR) is 69.9 cm³/mol. The van der Waals surface area contributed by atoms with Crippen LogP contribution in [-0.2, 0) is 0 Å². The van der Waals surface area contributed by atoms with Crippen molar-refractivity contribution in [1.82, 2.24) is 4.98 Å². The van der Waals surface area contributed by atoms with Gasteiger partial charge in [-0.3, -0.25) is 0 Å². The van der Waals surface area contributed by atoms with E-state index in [0.29, 0.717) is 5.41 Å². The SMILES string of the molecule is Cc1csc(NCC2(CN)CCCCC2)n1. The van der Waals surface area contributed by atoms with Gasteiger partial charge in [0.1, 0.15) is 0 Å². The number of thiazole rings is 1. The number of nitrogens with one attached hydrogen (secondary N) is 1. The third-order valence-corrected chi connectivity index (χ3v) is 4.50. The van der Waals surface area contributed by atoms with Gasteiger partial charge in [0.15, 0.2) is 5.13 Å². The van der Waals surface area contributed by atoms with Crippen LogP contribution in [0.25, 0.3) is 0 Å². The van der Waals surface area contributed by atoms with Gasteiger partial charge in [0.2, 0.25) is 0 Å². The Morgan fingerprint density at radius 2 is 2.19 bits per heavy atom. The zero-order valence-electron chi connectivity index (χ0n) is 9.96. The van der Waals surface area contributed by atoms with Gasteiger partial charge >= 0.3 is 0 Å². The van der Waals surface area contributed by atoms with E-state index < -0.39 is 0 Å².